The van der Waals surface area contributed by atoms with E-state index < -0.39 is 0 Å². The van der Waals surface area contributed by atoms with Gasteiger partial charge in [-0.25, -0.2) is 0 Å². The van der Waals surface area contributed by atoms with Crippen LogP contribution < -0.4 is 5.73 Å². The molecule has 0 radical (unpaired) electrons. The third kappa shape index (κ3) is 3.30. The highest BCUT2D eigenvalue weighted by atomic mass is 16.1. The fourth-order valence-corrected chi connectivity index (χ4v) is 2.55. The molecule has 1 aromatic rings. The predicted molar refractivity (Wildman–Crippen MR) is 68.6 cm³/mol. The van der Waals surface area contributed by atoms with Crippen molar-refractivity contribution in [3.05, 3.63) is 35.9 Å². The second-order valence-electron chi connectivity index (χ2n) is 4.69. The minimum absolute atomic E-state index is 0.0224. The zero-order valence-electron chi connectivity index (χ0n) is 10.1. The highest BCUT2D eigenvalue weighted by Crippen LogP contribution is 2.17. The van der Waals surface area contributed by atoms with E-state index in [1.54, 1.807) is 0 Å². The predicted octanol–water partition coefficient (Wildman–Crippen LogP) is 1.57. The smallest absolute Gasteiger partial charge is 0.234 e. The fraction of sp³-hybridized carbons (Fsp3) is 0.500. The third-order valence-corrected chi connectivity index (χ3v) is 3.45. The third-order valence-electron chi connectivity index (χ3n) is 3.45. The van der Waals surface area contributed by atoms with Crippen molar-refractivity contribution >= 4 is 5.91 Å². The number of primary amides is 1. The van der Waals surface area contributed by atoms with Crippen LogP contribution in [-0.4, -0.2) is 29.9 Å². The van der Waals surface area contributed by atoms with Gasteiger partial charge >= 0.3 is 0 Å². The van der Waals surface area contributed by atoms with Crippen LogP contribution in [0.3, 0.4) is 0 Å². The first kappa shape index (κ1) is 12.1. The number of nitrogens with zero attached hydrogens (tertiary/aromatic N) is 1. The molecule has 1 saturated heterocycles. The Kier molecular flexibility index (Phi) is 4.15. The van der Waals surface area contributed by atoms with E-state index >= 15 is 0 Å². The summed E-state index contributed by atoms with van der Waals surface area (Å²) in [5.74, 6) is -0.165. The molecule has 1 atom stereocenters. The molecule has 0 aliphatic carbocycles. The molecule has 1 fully saturated rings. The number of hydrogen-bond donors (Lipinski definition) is 1. The molecule has 17 heavy (non-hydrogen) atoms. The van der Waals surface area contributed by atoms with E-state index in [0.717, 1.165) is 38.8 Å². The normalized spacial score (nSPS) is 20.6. The molecule has 0 bridgehead atoms. The summed E-state index contributed by atoms with van der Waals surface area (Å²) in [4.78, 5) is 13.5. The lowest BCUT2D eigenvalue weighted by Crippen LogP contribution is -2.40. The van der Waals surface area contributed by atoms with Crippen LogP contribution in [0.4, 0.5) is 0 Å². The van der Waals surface area contributed by atoms with Crippen molar-refractivity contribution in [1.82, 2.24) is 4.90 Å². The number of likely N-dealkylation sites (tertiary alicyclic amines) is 1. The van der Waals surface area contributed by atoms with E-state index in [0.29, 0.717) is 0 Å². The van der Waals surface area contributed by atoms with Crippen molar-refractivity contribution < 1.29 is 4.79 Å². The maximum absolute atomic E-state index is 11.2. The molecule has 0 unspecified atom stereocenters. The minimum atomic E-state index is -0.165. The Morgan fingerprint density at radius 3 is 2.82 bits per heavy atom. The van der Waals surface area contributed by atoms with Crippen LogP contribution in [0.2, 0.25) is 0 Å². The molecule has 3 nitrogen and oxygen atoms in total. The molecule has 0 saturated carbocycles. The molecule has 2 N–H and O–H groups in total. The van der Waals surface area contributed by atoms with Gasteiger partial charge in [-0.2, -0.15) is 0 Å². The Morgan fingerprint density at radius 2 is 2.12 bits per heavy atom. The van der Waals surface area contributed by atoms with Crippen molar-refractivity contribution in [1.29, 1.82) is 0 Å². The molecule has 1 aliphatic rings. The van der Waals surface area contributed by atoms with Crippen LogP contribution in [0.5, 0.6) is 0 Å². The molecule has 0 spiro atoms. The second-order valence-corrected chi connectivity index (χ2v) is 4.69. The topological polar surface area (TPSA) is 46.3 Å². The van der Waals surface area contributed by atoms with Gasteiger partial charge in [-0.3, -0.25) is 9.69 Å². The highest BCUT2D eigenvalue weighted by molar-refractivity contribution is 5.80. The van der Waals surface area contributed by atoms with Gasteiger partial charge in [0.25, 0.3) is 0 Å². The number of nitrogens with two attached hydrogens (primary N) is 1. The standard InChI is InChI=1S/C14H20N2O/c15-14(17)13-9-5-11-16(13)10-4-8-12-6-2-1-3-7-12/h1-3,6-7,13H,4-5,8-11H2,(H2,15,17)/t13-/m0/s1. The Balaban J connectivity index is 1.77. The summed E-state index contributed by atoms with van der Waals surface area (Å²) in [7, 11) is 0. The average Bonchev–Trinajstić information content (AvgIpc) is 2.79. The first-order valence-corrected chi connectivity index (χ1v) is 6.34. The monoisotopic (exact) mass is 232 g/mol. The maximum Gasteiger partial charge on any atom is 0.234 e. The number of benzene rings is 1. The van der Waals surface area contributed by atoms with Crippen LogP contribution in [-0.2, 0) is 11.2 Å². The van der Waals surface area contributed by atoms with Gasteiger partial charge in [0.15, 0.2) is 0 Å². The molecule has 1 heterocycles. The van der Waals surface area contributed by atoms with E-state index in [4.69, 9.17) is 5.73 Å². The number of carbonyl (C=O) groups is 1. The zero-order valence-corrected chi connectivity index (χ0v) is 10.1. The van der Waals surface area contributed by atoms with E-state index in [9.17, 15) is 4.79 Å². The van der Waals surface area contributed by atoms with E-state index in [1.165, 1.54) is 5.56 Å². The lowest BCUT2D eigenvalue weighted by Gasteiger charge is -2.21. The Labute approximate surface area is 103 Å². The van der Waals surface area contributed by atoms with Crippen LogP contribution in [0.1, 0.15) is 24.8 Å². The van der Waals surface area contributed by atoms with Crippen LogP contribution >= 0.6 is 0 Å². The van der Waals surface area contributed by atoms with Gasteiger partial charge in [0, 0.05) is 0 Å². The Hall–Kier alpha value is -1.35. The van der Waals surface area contributed by atoms with E-state index in [-0.39, 0.29) is 11.9 Å². The molecule has 2 rings (SSSR count). The van der Waals surface area contributed by atoms with Gasteiger partial charge in [0.2, 0.25) is 5.91 Å². The SMILES string of the molecule is NC(=O)[C@@H]1CCCN1CCCc1ccccc1. The minimum Gasteiger partial charge on any atom is -0.368 e. The number of amides is 1. The fourth-order valence-electron chi connectivity index (χ4n) is 2.55. The summed E-state index contributed by atoms with van der Waals surface area (Å²) in [5.41, 5.74) is 6.75. The quantitative estimate of drug-likeness (QED) is 0.837. The van der Waals surface area contributed by atoms with Crippen LogP contribution in [0.25, 0.3) is 0 Å². The molecular weight excluding hydrogens is 212 g/mol. The summed E-state index contributed by atoms with van der Waals surface area (Å²) in [5, 5.41) is 0. The number of hydrogen-bond acceptors (Lipinski definition) is 2. The largest absolute Gasteiger partial charge is 0.368 e. The van der Waals surface area contributed by atoms with Gasteiger partial charge in [-0.1, -0.05) is 30.3 Å². The Morgan fingerprint density at radius 1 is 1.35 bits per heavy atom. The molecule has 1 aliphatic heterocycles. The van der Waals surface area contributed by atoms with E-state index in [1.807, 2.05) is 6.07 Å². The average molecular weight is 232 g/mol. The molecule has 1 amide bonds. The maximum atomic E-state index is 11.2. The first-order valence-electron chi connectivity index (χ1n) is 6.34. The van der Waals surface area contributed by atoms with Crippen molar-refractivity contribution in [2.24, 2.45) is 5.73 Å². The van der Waals surface area contributed by atoms with Crippen molar-refractivity contribution in [2.75, 3.05) is 13.1 Å². The van der Waals surface area contributed by atoms with Crippen LogP contribution in [0.15, 0.2) is 30.3 Å². The van der Waals surface area contributed by atoms with Crippen molar-refractivity contribution in [2.45, 2.75) is 31.7 Å². The van der Waals surface area contributed by atoms with Gasteiger partial charge in [0.05, 0.1) is 6.04 Å². The van der Waals surface area contributed by atoms with Crippen molar-refractivity contribution in [3.63, 3.8) is 0 Å². The van der Waals surface area contributed by atoms with E-state index in [2.05, 4.69) is 29.2 Å². The van der Waals surface area contributed by atoms with Gasteiger partial charge in [-0.15, -0.1) is 0 Å². The summed E-state index contributed by atoms with van der Waals surface area (Å²) in [6.07, 6.45) is 4.19. The number of aryl methyl sites for hydroxylation is 1. The lowest BCUT2D eigenvalue weighted by molar-refractivity contribution is -0.122. The second kappa shape index (κ2) is 5.82. The van der Waals surface area contributed by atoms with Gasteiger partial charge in [0.1, 0.15) is 0 Å². The van der Waals surface area contributed by atoms with Gasteiger partial charge in [-0.05, 0) is 44.3 Å². The van der Waals surface area contributed by atoms with Crippen LogP contribution in [0, 0.1) is 0 Å². The number of carbonyl (C=O) groups excluding carboxylic acids is 1. The summed E-state index contributed by atoms with van der Waals surface area (Å²) in [6, 6.07) is 10.4. The summed E-state index contributed by atoms with van der Waals surface area (Å²) >= 11 is 0. The molecule has 1 aromatic carbocycles. The highest BCUT2D eigenvalue weighted by Gasteiger charge is 2.27. The molecular formula is C14H20N2O. The molecule has 3 heteroatoms. The molecule has 0 aromatic heterocycles. The first-order chi connectivity index (χ1) is 8.27. The van der Waals surface area contributed by atoms with Crippen molar-refractivity contribution in [3.8, 4) is 0 Å². The lowest BCUT2D eigenvalue weighted by atomic mass is 10.1. The summed E-state index contributed by atoms with van der Waals surface area (Å²) in [6.45, 7) is 1.99. The van der Waals surface area contributed by atoms with Gasteiger partial charge < -0.3 is 5.73 Å². The number of rotatable bonds is 5. The molecule has 92 valence electrons. The Bertz CT molecular complexity index is 364. The summed E-state index contributed by atoms with van der Waals surface area (Å²) < 4.78 is 0. The zero-order chi connectivity index (χ0) is 12.1.